The van der Waals surface area contributed by atoms with Crippen LogP contribution in [0.5, 0.6) is 0 Å². The van der Waals surface area contributed by atoms with Crippen LogP contribution in [0.15, 0.2) is 182 Å². The molecule has 318 valence electrons. The number of rotatable bonds is 16. The van der Waals surface area contributed by atoms with Gasteiger partial charge in [-0.1, -0.05) is 109 Å². The lowest BCUT2D eigenvalue weighted by molar-refractivity contribution is -0.135. The van der Waals surface area contributed by atoms with Crippen molar-refractivity contribution in [2.75, 3.05) is 18.9 Å². The fraction of sp³-hybridized carbons (Fsp3) is 0.160. The summed E-state index contributed by atoms with van der Waals surface area (Å²) >= 11 is 1.24. The number of ether oxygens (including phenoxy) is 5. The maximum atomic E-state index is 14.4. The van der Waals surface area contributed by atoms with Gasteiger partial charge < -0.3 is 28.6 Å². The molecule has 0 N–H and O–H groups in total. The summed E-state index contributed by atoms with van der Waals surface area (Å²) in [5.41, 5.74) is 0.877. The highest BCUT2D eigenvalue weighted by Gasteiger charge is 2.51. The van der Waals surface area contributed by atoms with Crippen molar-refractivity contribution in [3.05, 3.63) is 215 Å². The molecule has 13 heteroatoms. The van der Waals surface area contributed by atoms with Gasteiger partial charge in [-0.2, -0.15) is 0 Å². The first-order valence-corrected chi connectivity index (χ1v) is 21.1. The number of hydrogen-bond donors (Lipinski definition) is 0. The van der Waals surface area contributed by atoms with E-state index in [9.17, 15) is 28.8 Å². The first-order chi connectivity index (χ1) is 30.8. The molecule has 1 aliphatic rings. The molecule has 1 fully saturated rings. The van der Waals surface area contributed by atoms with Crippen molar-refractivity contribution in [1.82, 2.24) is 4.90 Å². The molecule has 63 heavy (non-hydrogen) atoms. The van der Waals surface area contributed by atoms with Crippen LogP contribution in [-0.4, -0.2) is 89.3 Å². The number of esters is 5. The molecule has 0 bridgehead atoms. The standard InChI is InChI=1S/C50H41NO11S/c52-44(34-19-7-1-8-20-34)51-31-32-63-45(51)43(62-50(57)39-29-17-6-18-30-39)42(61-49(56)38-27-15-5-16-28-38)41(60-48(55)37-25-13-4-14-26-37)40(59-47(54)36-23-11-3-12-24-36)33-58-46(53)35-21-9-2-10-22-35/h1-30,40-43,45H,31-33H2/t40-,41-,42+,43-,45?/m1/s1. The van der Waals surface area contributed by atoms with E-state index in [2.05, 4.69) is 0 Å². The first-order valence-electron chi connectivity index (χ1n) is 20.0. The molecule has 1 amide bonds. The Bertz CT molecular complexity index is 2480. The lowest BCUT2D eigenvalue weighted by Crippen LogP contribution is -2.58. The van der Waals surface area contributed by atoms with E-state index in [0.29, 0.717) is 11.3 Å². The van der Waals surface area contributed by atoms with Gasteiger partial charge in [0, 0.05) is 17.9 Å². The van der Waals surface area contributed by atoms with Crippen molar-refractivity contribution in [2.45, 2.75) is 29.8 Å². The maximum Gasteiger partial charge on any atom is 0.338 e. The van der Waals surface area contributed by atoms with Crippen molar-refractivity contribution >= 4 is 47.5 Å². The molecular weight excluding hydrogens is 823 g/mol. The SMILES string of the molecule is O=C(OC[C@@H](OC(=O)c1ccccc1)[C@@H](OC(=O)c1ccccc1)[C@H](OC(=O)c1ccccc1)[C@@H](OC(=O)c1ccccc1)C1SCCN1C(=O)c1ccccc1)c1ccccc1. The van der Waals surface area contributed by atoms with Gasteiger partial charge in [-0.05, 0) is 72.8 Å². The molecule has 0 saturated carbocycles. The average molecular weight is 864 g/mol. The fourth-order valence-corrected chi connectivity index (χ4v) is 8.10. The van der Waals surface area contributed by atoms with Crippen LogP contribution in [0.4, 0.5) is 0 Å². The van der Waals surface area contributed by atoms with Crippen LogP contribution in [-0.2, 0) is 23.7 Å². The Morgan fingerprint density at radius 2 is 0.794 bits per heavy atom. The second-order valence-corrected chi connectivity index (χ2v) is 15.3. The minimum Gasteiger partial charge on any atom is -0.458 e. The molecular formula is C50H41NO11S. The number of thioether (sulfide) groups is 1. The lowest BCUT2D eigenvalue weighted by atomic mass is 10.00. The largest absolute Gasteiger partial charge is 0.458 e. The third kappa shape index (κ3) is 11.3. The van der Waals surface area contributed by atoms with Crippen LogP contribution in [0.1, 0.15) is 62.1 Å². The molecule has 1 saturated heterocycles. The van der Waals surface area contributed by atoms with Gasteiger partial charge in [-0.3, -0.25) is 4.79 Å². The zero-order chi connectivity index (χ0) is 44.0. The van der Waals surface area contributed by atoms with Gasteiger partial charge in [0.05, 0.1) is 27.8 Å². The summed E-state index contributed by atoms with van der Waals surface area (Å²) in [4.78, 5) is 86.3. The number of nitrogens with zero attached hydrogens (tertiary/aromatic N) is 1. The zero-order valence-corrected chi connectivity index (χ0v) is 34.5. The minimum absolute atomic E-state index is 0.0685. The summed E-state index contributed by atoms with van der Waals surface area (Å²) in [6.07, 6.45) is -7.06. The van der Waals surface area contributed by atoms with Gasteiger partial charge in [0.2, 0.25) is 0 Å². The van der Waals surface area contributed by atoms with Crippen LogP contribution in [0.25, 0.3) is 0 Å². The summed E-state index contributed by atoms with van der Waals surface area (Å²) in [5.74, 6) is -4.48. The molecule has 0 aliphatic carbocycles. The number of hydrogen-bond acceptors (Lipinski definition) is 12. The van der Waals surface area contributed by atoms with E-state index in [1.807, 2.05) is 0 Å². The summed E-state index contributed by atoms with van der Waals surface area (Å²) in [5, 5.41) is -1.07. The molecule has 0 aromatic heterocycles. The van der Waals surface area contributed by atoms with Gasteiger partial charge in [-0.25, -0.2) is 24.0 Å². The number of carbonyl (C=O) groups excluding carboxylic acids is 6. The van der Waals surface area contributed by atoms with E-state index in [-0.39, 0.29) is 34.4 Å². The molecule has 1 heterocycles. The number of amides is 1. The van der Waals surface area contributed by atoms with Gasteiger partial charge in [-0.15, -0.1) is 11.8 Å². The van der Waals surface area contributed by atoms with Crippen LogP contribution in [0.3, 0.4) is 0 Å². The molecule has 12 nitrogen and oxygen atoms in total. The first kappa shape index (κ1) is 43.6. The Labute approximate surface area is 367 Å². The number of benzene rings is 6. The van der Waals surface area contributed by atoms with Crippen molar-refractivity contribution in [3.63, 3.8) is 0 Å². The molecule has 0 spiro atoms. The second kappa shape index (κ2) is 21.3. The highest BCUT2D eigenvalue weighted by atomic mass is 32.2. The third-order valence-electron chi connectivity index (χ3n) is 9.92. The Kier molecular flexibility index (Phi) is 14.8. The monoisotopic (exact) mass is 863 g/mol. The minimum atomic E-state index is -1.87. The average Bonchev–Trinajstić information content (AvgIpc) is 3.84. The second-order valence-electron chi connectivity index (χ2n) is 14.1. The number of carbonyl (C=O) groups is 6. The van der Waals surface area contributed by atoms with E-state index >= 15 is 0 Å². The van der Waals surface area contributed by atoms with Gasteiger partial charge in [0.25, 0.3) is 5.91 Å². The smallest absolute Gasteiger partial charge is 0.338 e. The Morgan fingerprint density at radius 3 is 1.22 bits per heavy atom. The van der Waals surface area contributed by atoms with Gasteiger partial charge >= 0.3 is 29.8 Å². The molecule has 6 aromatic carbocycles. The van der Waals surface area contributed by atoms with Crippen molar-refractivity contribution in [1.29, 1.82) is 0 Å². The maximum absolute atomic E-state index is 14.4. The summed E-state index contributed by atoms with van der Waals surface area (Å²) in [6.45, 7) is -0.542. The highest BCUT2D eigenvalue weighted by molar-refractivity contribution is 8.00. The molecule has 5 atom stereocenters. The van der Waals surface area contributed by atoms with Crippen molar-refractivity contribution < 1.29 is 52.5 Å². The van der Waals surface area contributed by atoms with Crippen molar-refractivity contribution in [3.8, 4) is 0 Å². The van der Waals surface area contributed by atoms with Gasteiger partial charge in [0.1, 0.15) is 12.0 Å². The normalized spacial score (nSPS) is 15.1. The predicted molar refractivity (Wildman–Crippen MR) is 233 cm³/mol. The van der Waals surface area contributed by atoms with E-state index < -0.39 is 72.2 Å². The van der Waals surface area contributed by atoms with Crippen LogP contribution in [0.2, 0.25) is 0 Å². The topological polar surface area (TPSA) is 152 Å². The van der Waals surface area contributed by atoms with E-state index in [0.717, 1.165) is 0 Å². The molecule has 7 rings (SSSR count). The predicted octanol–water partition coefficient (Wildman–Crippen LogP) is 7.96. The van der Waals surface area contributed by atoms with Gasteiger partial charge in [0.15, 0.2) is 24.4 Å². The lowest BCUT2D eigenvalue weighted by Gasteiger charge is -2.39. The van der Waals surface area contributed by atoms with Crippen LogP contribution in [0, 0.1) is 0 Å². The van der Waals surface area contributed by atoms with Crippen LogP contribution < -0.4 is 0 Å². The quantitative estimate of drug-likeness (QED) is 0.0686. The molecule has 1 aliphatic heterocycles. The fourth-order valence-electron chi connectivity index (χ4n) is 6.78. The summed E-state index contributed by atoms with van der Waals surface area (Å²) in [6, 6.07) is 48.3. The Balaban J connectivity index is 1.40. The van der Waals surface area contributed by atoms with Crippen molar-refractivity contribution in [2.24, 2.45) is 0 Å². The molecule has 0 radical (unpaired) electrons. The zero-order valence-electron chi connectivity index (χ0n) is 33.7. The third-order valence-corrected chi connectivity index (χ3v) is 11.2. The summed E-state index contributed by atoms with van der Waals surface area (Å²) in [7, 11) is 0. The highest BCUT2D eigenvalue weighted by Crippen LogP contribution is 2.35. The Hall–Kier alpha value is -7.51. The molecule has 1 unspecified atom stereocenters. The summed E-state index contributed by atoms with van der Waals surface area (Å²) < 4.78 is 30.9. The van der Waals surface area contributed by atoms with E-state index in [4.69, 9.17) is 23.7 Å². The van der Waals surface area contributed by atoms with Crippen LogP contribution >= 0.6 is 11.8 Å². The molecule has 6 aromatic rings. The van der Waals surface area contributed by atoms with E-state index in [1.54, 1.807) is 121 Å². The Morgan fingerprint density at radius 1 is 0.444 bits per heavy atom. The van der Waals surface area contributed by atoms with E-state index in [1.165, 1.54) is 77.3 Å².